The van der Waals surface area contributed by atoms with Gasteiger partial charge in [0.05, 0.1) is 23.2 Å². The minimum absolute atomic E-state index is 0.00329. The van der Waals surface area contributed by atoms with E-state index in [1.807, 2.05) is 26.0 Å². The number of rotatable bonds is 2. The first-order chi connectivity index (χ1) is 8.58. The number of hydrogen-bond donors (Lipinski definition) is 1. The molecule has 2 rings (SSSR count). The van der Waals surface area contributed by atoms with Crippen LogP contribution in [-0.4, -0.2) is 19.1 Å². The second-order valence-corrected chi connectivity index (χ2v) is 5.25. The number of nitrogens with one attached hydrogen (secondary N) is 1. The molecule has 4 heteroatoms. The van der Waals surface area contributed by atoms with Crippen LogP contribution in [-0.2, 0) is 9.53 Å². The van der Waals surface area contributed by atoms with E-state index in [0.29, 0.717) is 11.6 Å². The van der Waals surface area contributed by atoms with E-state index in [9.17, 15) is 4.79 Å². The molecule has 1 atom stereocenters. The largest absolute Gasteiger partial charge is 0.381 e. The molecule has 1 fully saturated rings. The van der Waals surface area contributed by atoms with Crippen molar-refractivity contribution in [2.24, 2.45) is 5.92 Å². The highest BCUT2D eigenvalue weighted by Crippen LogP contribution is 2.28. The van der Waals surface area contributed by atoms with Crippen LogP contribution in [0, 0.1) is 19.8 Å². The van der Waals surface area contributed by atoms with Gasteiger partial charge in [-0.2, -0.15) is 0 Å². The predicted octanol–water partition coefficient (Wildman–Crippen LogP) is 3.32. The average Bonchev–Trinajstić information content (AvgIpc) is 2.34. The van der Waals surface area contributed by atoms with Gasteiger partial charge in [-0.25, -0.2) is 0 Å². The van der Waals surface area contributed by atoms with E-state index < -0.39 is 0 Å². The SMILES string of the molecule is Cc1cc(C)c(NC(=O)C2CCCOC2)c(Cl)c1. The summed E-state index contributed by atoms with van der Waals surface area (Å²) >= 11 is 6.17. The quantitative estimate of drug-likeness (QED) is 0.893. The molecule has 1 heterocycles. The van der Waals surface area contributed by atoms with E-state index in [1.165, 1.54) is 0 Å². The lowest BCUT2D eigenvalue weighted by molar-refractivity contribution is -0.123. The number of amides is 1. The first-order valence-corrected chi connectivity index (χ1v) is 6.61. The molecule has 0 bridgehead atoms. The normalized spacial score (nSPS) is 19.6. The summed E-state index contributed by atoms with van der Waals surface area (Å²) in [6, 6.07) is 3.88. The Labute approximate surface area is 112 Å². The van der Waals surface area contributed by atoms with Crippen LogP contribution in [0.3, 0.4) is 0 Å². The molecular formula is C14H18ClNO2. The number of carbonyl (C=O) groups excluding carboxylic acids is 1. The Kier molecular flexibility index (Phi) is 4.25. The van der Waals surface area contributed by atoms with Gasteiger partial charge in [-0.1, -0.05) is 17.7 Å². The van der Waals surface area contributed by atoms with E-state index in [0.717, 1.165) is 36.3 Å². The molecular weight excluding hydrogens is 250 g/mol. The third-order valence-corrected chi connectivity index (χ3v) is 3.51. The maximum absolute atomic E-state index is 12.1. The Hall–Kier alpha value is -1.06. The zero-order valence-electron chi connectivity index (χ0n) is 10.8. The molecule has 1 unspecified atom stereocenters. The number of halogens is 1. The summed E-state index contributed by atoms with van der Waals surface area (Å²) in [4.78, 5) is 12.1. The summed E-state index contributed by atoms with van der Waals surface area (Å²) in [7, 11) is 0. The van der Waals surface area contributed by atoms with Crippen molar-refractivity contribution in [1.82, 2.24) is 0 Å². The van der Waals surface area contributed by atoms with Crippen molar-refractivity contribution in [3.8, 4) is 0 Å². The molecule has 1 aliphatic rings. The summed E-state index contributed by atoms with van der Waals surface area (Å²) in [6.07, 6.45) is 1.83. The molecule has 1 aromatic carbocycles. The molecule has 1 amide bonds. The minimum atomic E-state index is -0.0597. The third-order valence-electron chi connectivity index (χ3n) is 3.21. The summed E-state index contributed by atoms with van der Waals surface area (Å²) < 4.78 is 5.33. The van der Waals surface area contributed by atoms with Gasteiger partial charge in [0, 0.05) is 6.61 Å². The zero-order valence-corrected chi connectivity index (χ0v) is 11.5. The van der Waals surface area contributed by atoms with Gasteiger partial charge < -0.3 is 10.1 Å². The molecule has 0 aliphatic carbocycles. The third kappa shape index (κ3) is 3.03. The minimum Gasteiger partial charge on any atom is -0.381 e. The number of benzene rings is 1. The Bertz CT molecular complexity index is 430. The second kappa shape index (κ2) is 5.72. The molecule has 1 aromatic rings. The second-order valence-electron chi connectivity index (χ2n) is 4.84. The van der Waals surface area contributed by atoms with Gasteiger partial charge in [-0.15, -0.1) is 0 Å². The summed E-state index contributed by atoms with van der Waals surface area (Å²) in [6.45, 7) is 5.20. The molecule has 98 valence electrons. The molecule has 0 spiro atoms. The van der Waals surface area contributed by atoms with E-state index >= 15 is 0 Å². The summed E-state index contributed by atoms with van der Waals surface area (Å²) in [5.41, 5.74) is 2.81. The van der Waals surface area contributed by atoms with Gasteiger partial charge in [0.15, 0.2) is 0 Å². The summed E-state index contributed by atoms with van der Waals surface area (Å²) in [5.74, 6) is -0.0564. The predicted molar refractivity (Wildman–Crippen MR) is 73.1 cm³/mol. The standard InChI is InChI=1S/C14H18ClNO2/c1-9-6-10(2)13(12(15)7-9)16-14(17)11-4-3-5-18-8-11/h6-7,11H,3-5,8H2,1-2H3,(H,16,17). The Balaban J connectivity index is 2.11. The van der Waals surface area contributed by atoms with Crippen LogP contribution in [0.4, 0.5) is 5.69 Å². The summed E-state index contributed by atoms with van der Waals surface area (Å²) in [5, 5.41) is 3.52. The smallest absolute Gasteiger partial charge is 0.229 e. The van der Waals surface area contributed by atoms with Crippen molar-refractivity contribution < 1.29 is 9.53 Å². The fourth-order valence-electron chi connectivity index (χ4n) is 2.25. The molecule has 0 aromatic heterocycles. The van der Waals surface area contributed by atoms with Gasteiger partial charge in [0.25, 0.3) is 0 Å². The van der Waals surface area contributed by atoms with Crippen LogP contribution >= 0.6 is 11.6 Å². The number of aryl methyl sites for hydroxylation is 2. The molecule has 3 nitrogen and oxygen atoms in total. The maximum atomic E-state index is 12.1. The van der Waals surface area contributed by atoms with Crippen LogP contribution < -0.4 is 5.32 Å². The first-order valence-electron chi connectivity index (χ1n) is 6.23. The van der Waals surface area contributed by atoms with Crippen molar-refractivity contribution in [1.29, 1.82) is 0 Å². The van der Waals surface area contributed by atoms with Gasteiger partial charge in [0.2, 0.25) is 5.91 Å². The number of ether oxygens (including phenoxy) is 1. The van der Waals surface area contributed by atoms with Crippen LogP contribution in [0.15, 0.2) is 12.1 Å². The monoisotopic (exact) mass is 267 g/mol. The zero-order chi connectivity index (χ0) is 13.1. The van der Waals surface area contributed by atoms with Crippen LogP contribution in [0.5, 0.6) is 0 Å². The van der Waals surface area contributed by atoms with Gasteiger partial charge in [-0.05, 0) is 43.9 Å². The lowest BCUT2D eigenvalue weighted by Crippen LogP contribution is -2.30. The molecule has 1 N–H and O–H groups in total. The van der Waals surface area contributed by atoms with Crippen LogP contribution in [0.25, 0.3) is 0 Å². The highest BCUT2D eigenvalue weighted by atomic mass is 35.5. The molecule has 0 saturated carbocycles. The van der Waals surface area contributed by atoms with Crippen LogP contribution in [0.1, 0.15) is 24.0 Å². The van der Waals surface area contributed by atoms with Crippen molar-refractivity contribution in [3.05, 3.63) is 28.3 Å². The molecule has 0 radical (unpaired) electrons. The lowest BCUT2D eigenvalue weighted by Gasteiger charge is -2.22. The van der Waals surface area contributed by atoms with Gasteiger partial charge >= 0.3 is 0 Å². The van der Waals surface area contributed by atoms with Crippen molar-refractivity contribution in [2.75, 3.05) is 18.5 Å². The fourth-order valence-corrected chi connectivity index (χ4v) is 2.62. The Morgan fingerprint density at radius 3 is 2.83 bits per heavy atom. The van der Waals surface area contributed by atoms with Crippen molar-refractivity contribution in [2.45, 2.75) is 26.7 Å². The average molecular weight is 268 g/mol. The highest BCUT2D eigenvalue weighted by molar-refractivity contribution is 6.34. The Morgan fingerprint density at radius 1 is 1.44 bits per heavy atom. The molecule has 1 saturated heterocycles. The van der Waals surface area contributed by atoms with E-state index in [2.05, 4.69) is 5.32 Å². The molecule has 1 aliphatic heterocycles. The first kappa shape index (κ1) is 13.4. The topological polar surface area (TPSA) is 38.3 Å². The number of carbonyl (C=O) groups is 1. The van der Waals surface area contributed by atoms with E-state index in [4.69, 9.17) is 16.3 Å². The van der Waals surface area contributed by atoms with Crippen molar-refractivity contribution >= 4 is 23.2 Å². The Morgan fingerprint density at radius 2 is 2.22 bits per heavy atom. The van der Waals surface area contributed by atoms with Gasteiger partial charge in [0.1, 0.15) is 0 Å². The van der Waals surface area contributed by atoms with E-state index in [1.54, 1.807) is 0 Å². The highest BCUT2D eigenvalue weighted by Gasteiger charge is 2.22. The maximum Gasteiger partial charge on any atom is 0.229 e. The van der Waals surface area contributed by atoms with Crippen molar-refractivity contribution in [3.63, 3.8) is 0 Å². The number of anilines is 1. The number of hydrogen-bond acceptors (Lipinski definition) is 2. The molecule has 18 heavy (non-hydrogen) atoms. The lowest BCUT2D eigenvalue weighted by atomic mass is 10.0. The van der Waals surface area contributed by atoms with Gasteiger partial charge in [-0.3, -0.25) is 4.79 Å². The van der Waals surface area contributed by atoms with Crippen LogP contribution in [0.2, 0.25) is 5.02 Å². The fraction of sp³-hybridized carbons (Fsp3) is 0.500. The van der Waals surface area contributed by atoms with E-state index in [-0.39, 0.29) is 11.8 Å².